The zero-order valence-electron chi connectivity index (χ0n) is 15.4. The van der Waals surface area contributed by atoms with Crippen molar-refractivity contribution in [1.29, 1.82) is 0 Å². The molecule has 3 N–H and O–H groups in total. The summed E-state index contributed by atoms with van der Waals surface area (Å²) in [6.45, 7) is 10.4. The van der Waals surface area contributed by atoms with E-state index in [-0.39, 0.29) is 23.5 Å². The van der Waals surface area contributed by atoms with Gasteiger partial charge < -0.3 is 15.2 Å². The second-order valence-corrected chi connectivity index (χ2v) is 8.50. The molecule has 5 heteroatoms. The van der Waals surface area contributed by atoms with Gasteiger partial charge in [-0.2, -0.15) is 0 Å². The van der Waals surface area contributed by atoms with Gasteiger partial charge in [0.1, 0.15) is 0 Å². The lowest BCUT2D eigenvalue weighted by Gasteiger charge is -2.68. The Morgan fingerprint density at radius 3 is 2.16 bits per heavy atom. The van der Waals surface area contributed by atoms with E-state index in [2.05, 4.69) is 59.1 Å². The summed E-state index contributed by atoms with van der Waals surface area (Å²) in [6.07, 6.45) is 2.35. The van der Waals surface area contributed by atoms with Crippen molar-refractivity contribution in [3.8, 4) is 0 Å². The summed E-state index contributed by atoms with van der Waals surface area (Å²) in [4.78, 5) is 8.58. The van der Waals surface area contributed by atoms with Crippen LogP contribution in [0.1, 0.15) is 32.5 Å². The van der Waals surface area contributed by atoms with E-state index in [0.29, 0.717) is 6.17 Å². The molecule has 4 fully saturated rings. The highest BCUT2D eigenvalue weighted by molar-refractivity contribution is 5.83. The summed E-state index contributed by atoms with van der Waals surface area (Å²) in [6, 6.07) is 8.56. The summed E-state index contributed by atoms with van der Waals surface area (Å²) in [5, 5.41) is 19.7. The highest BCUT2D eigenvalue weighted by Gasteiger charge is 2.62. The number of hydrogen-bond donors (Lipinski definition) is 3. The van der Waals surface area contributed by atoms with Crippen molar-refractivity contribution in [1.82, 2.24) is 14.8 Å². The van der Waals surface area contributed by atoms with Gasteiger partial charge in [-0.15, -0.1) is 0 Å². The number of nitrogens with one attached hydrogen (secondary N) is 1. The molecule has 4 aliphatic heterocycles. The minimum Gasteiger partial charge on any atom is -0.397 e. The van der Waals surface area contributed by atoms with Crippen molar-refractivity contribution < 1.29 is 10.2 Å². The maximum Gasteiger partial charge on any atom is 0.0907 e. The van der Waals surface area contributed by atoms with Gasteiger partial charge in [0.2, 0.25) is 0 Å². The molecule has 0 unspecified atom stereocenters. The molecule has 4 aliphatic rings. The van der Waals surface area contributed by atoms with Gasteiger partial charge in [0, 0.05) is 66.3 Å². The van der Waals surface area contributed by atoms with Crippen LogP contribution in [0.15, 0.2) is 30.5 Å². The number of benzene rings is 1. The van der Waals surface area contributed by atoms with Gasteiger partial charge in [0.25, 0.3) is 0 Å². The zero-order valence-corrected chi connectivity index (χ0v) is 15.4. The number of nitrogens with zero attached hydrogens (tertiary/aromatic N) is 2. The topological polar surface area (TPSA) is 62.7 Å². The molecule has 6 rings (SSSR count). The number of para-hydroxylation sites is 1. The monoisotopic (exact) mass is 343 g/mol. The average molecular weight is 343 g/mol. The summed E-state index contributed by atoms with van der Waals surface area (Å²) in [7, 11) is 0. The van der Waals surface area contributed by atoms with Gasteiger partial charge in [-0.05, 0) is 13.0 Å². The van der Waals surface area contributed by atoms with Crippen molar-refractivity contribution in [2.24, 2.45) is 10.8 Å². The Morgan fingerprint density at radius 1 is 1.08 bits per heavy atom. The first kappa shape index (κ1) is 17.0. The molecule has 0 amide bonds. The first-order chi connectivity index (χ1) is 11.9. The number of aromatic nitrogens is 1. The van der Waals surface area contributed by atoms with Crippen molar-refractivity contribution in [2.45, 2.75) is 33.0 Å². The fraction of sp³-hybridized carbons (Fsp3) is 0.600. The van der Waals surface area contributed by atoms with E-state index in [1.165, 1.54) is 16.5 Å². The van der Waals surface area contributed by atoms with Crippen molar-refractivity contribution in [3.05, 3.63) is 36.0 Å². The van der Waals surface area contributed by atoms with Gasteiger partial charge in [0.15, 0.2) is 0 Å². The normalized spacial score (nSPS) is 41.6. The van der Waals surface area contributed by atoms with Gasteiger partial charge in [-0.1, -0.05) is 32.0 Å². The molecular formula is C20H29N3O2. The predicted octanol–water partition coefficient (Wildman–Crippen LogP) is 2.18. The molecule has 2 aromatic rings. The van der Waals surface area contributed by atoms with E-state index in [4.69, 9.17) is 5.11 Å². The van der Waals surface area contributed by atoms with Crippen LogP contribution in [0.2, 0.25) is 0 Å². The third-order valence-corrected chi connectivity index (χ3v) is 6.17. The molecule has 5 nitrogen and oxygen atoms in total. The summed E-state index contributed by atoms with van der Waals surface area (Å²) in [5.74, 6) is 0. The van der Waals surface area contributed by atoms with Crippen LogP contribution in [0.25, 0.3) is 10.9 Å². The molecule has 0 spiro atoms. The van der Waals surface area contributed by atoms with Gasteiger partial charge in [-0.25, -0.2) is 0 Å². The Balaban J connectivity index is 0.000000490. The minimum absolute atomic E-state index is 0.00780. The average Bonchev–Trinajstić information content (AvgIpc) is 2.96. The first-order valence-corrected chi connectivity index (χ1v) is 9.25. The second kappa shape index (κ2) is 5.81. The largest absolute Gasteiger partial charge is 0.397 e. The van der Waals surface area contributed by atoms with Crippen LogP contribution in [-0.4, -0.2) is 63.9 Å². The lowest BCUT2D eigenvalue weighted by molar-refractivity contribution is -0.253. The maximum atomic E-state index is 10.8. The van der Waals surface area contributed by atoms with E-state index in [1.807, 2.05) is 0 Å². The van der Waals surface area contributed by atoms with Crippen LogP contribution in [0, 0.1) is 10.8 Å². The number of hydrogen-bond acceptors (Lipinski definition) is 4. The number of rotatable bonds is 1. The molecule has 5 heterocycles. The minimum atomic E-state index is -0.184. The van der Waals surface area contributed by atoms with E-state index in [0.717, 1.165) is 26.2 Å². The second-order valence-electron chi connectivity index (χ2n) is 8.50. The lowest BCUT2D eigenvalue weighted by atomic mass is 9.60. The zero-order chi connectivity index (χ0) is 17.8. The molecule has 0 aliphatic carbocycles. The maximum absolute atomic E-state index is 10.8. The van der Waals surface area contributed by atoms with Gasteiger partial charge in [-0.3, -0.25) is 9.80 Å². The van der Waals surface area contributed by atoms with Crippen molar-refractivity contribution >= 4 is 10.9 Å². The van der Waals surface area contributed by atoms with E-state index in [1.54, 1.807) is 6.92 Å². The van der Waals surface area contributed by atoms with Crippen molar-refractivity contribution in [3.63, 3.8) is 0 Å². The summed E-state index contributed by atoms with van der Waals surface area (Å²) < 4.78 is 0. The molecule has 0 radical (unpaired) electrons. The van der Waals surface area contributed by atoms with Crippen LogP contribution in [0.4, 0.5) is 0 Å². The number of aliphatic hydroxyl groups is 2. The first-order valence-electron chi connectivity index (χ1n) is 9.25. The predicted molar refractivity (Wildman–Crippen MR) is 99.2 cm³/mol. The molecule has 1 aromatic carbocycles. The number of H-pyrrole nitrogens is 1. The third kappa shape index (κ3) is 2.45. The Hall–Kier alpha value is -1.40. The Labute approximate surface area is 149 Å². The fourth-order valence-corrected chi connectivity index (χ4v) is 5.53. The van der Waals surface area contributed by atoms with Crippen LogP contribution in [-0.2, 0) is 0 Å². The molecule has 0 saturated carbocycles. The SMILES string of the molecule is CC12CN3CC(C)(CN(C1)C3c1c[nH]c3ccccc13)C2O.CCO. The third-order valence-electron chi connectivity index (χ3n) is 6.17. The van der Waals surface area contributed by atoms with Gasteiger partial charge >= 0.3 is 0 Å². The van der Waals surface area contributed by atoms with Crippen molar-refractivity contribution in [2.75, 3.05) is 32.8 Å². The smallest absolute Gasteiger partial charge is 0.0907 e. The highest BCUT2D eigenvalue weighted by atomic mass is 16.3. The standard InChI is InChI=1S/C18H23N3O.C2H6O/c1-17-8-20-10-18(2,16(17)22)11-21(9-17)15(20)13-7-19-14-6-4-3-5-12(13)14;1-2-3/h3-7,15-16,19,22H,8-11H2,1-2H3;3H,2H2,1H3. The van der Waals surface area contributed by atoms with E-state index >= 15 is 0 Å². The Morgan fingerprint density at radius 2 is 1.60 bits per heavy atom. The molecule has 4 saturated heterocycles. The summed E-state index contributed by atoms with van der Waals surface area (Å²) >= 11 is 0. The van der Waals surface area contributed by atoms with E-state index < -0.39 is 0 Å². The lowest BCUT2D eigenvalue weighted by Crippen LogP contribution is -2.76. The molecular weight excluding hydrogens is 314 g/mol. The molecule has 25 heavy (non-hydrogen) atoms. The van der Waals surface area contributed by atoms with E-state index in [9.17, 15) is 5.11 Å². The van der Waals surface area contributed by atoms with Crippen LogP contribution in [0.3, 0.4) is 0 Å². The molecule has 0 atom stereocenters. The number of aliphatic hydroxyl groups excluding tert-OH is 2. The van der Waals surface area contributed by atoms with Gasteiger partial charge in [0.05, 0.1) is 12.3 Å². The summed E-state index contributed by atoms with van der Waals surface area (Å²) in [5.41, 5.74) is 2.61. The highest BCUT2D eigenvalue weighted by Crippen LogP contribution is 2.54. The fourth-order valence-electron chi connectivity index (χ4n) is 5.53. The molecule has 4 bridgehead atoms. The quantitative estimate of drug-likeness (QED) is 0.743. The molecule has 1 aromatic heterocycles. The Bertz CT molecular complexity index is 733. The Kier molecular flexibility index (Phi) is 3.96. The number of piperidine rings is 2. The number of aromatic amines is 1. The van der Waals surface area contributed by atoms with Crippen LogP contribution in [0.5, 0.6) is 0 Å². The molecule has 136 valence electrons. The van der Waals surface area contributed by atoms with Crippen LogP contribution < -0.4 is 0 Å². The van der Waals surface area contributed by atoms with Crippen LogP contribution >= 0.6 is 0 Å². The number of fused-ring (bicyclic) bond motifs is 1.